The predicted molar refractivity (Wildman–Crippen MR) is 141 cm³/mol. The van der Waals surface area contributed by atoms with Crippen molar-refractivity contribution in [2.24, 2.45) is 0 Å². The second kappa shape index (κ2) is 12.6. The molecular weight excluding hydrogens is 440 g/mol. The van der Waals surface area contributed by atoms with Gasteiger partial charge in [-0.2, -0.15) is 0 Å². The van der Waals surface area contributed by atoms with Crippen molar-refractivity contribution >= 4 is 34.0 Å². The van der Waals surface area contributed by atoms with Gasteiger partial charge in [-0.15, -0.1) is 0 Å². The molecule has 0 radical (unpaired) electrons. The van der Waals surface area contributed by atoms with Crippen LogP contribution in [0.2, 0.25) is 0 Å². The lowest BCUT2D eigenvalue weighted by Crippen LogP contribution is -2.11. The maximum atomic E-state index is 12.7. The minimum atomic E-state index is -0.235. The third-order valence-electron chi connectivity index (χ3n) is 5.50. The molecule has 1 amide bonds. The van der Waals surface area contributed by atoms with Gasteiger partial charge in [-0.3, -0.25) is 9.59 Å². The average molecular weight is 475 g/mol. The molecule has 0 spiro atoms. The van der Waals surface area contributed by atoms with Crippen LogP contribution < -0.4 is 10.1 Å². The zero-order chi connectivity index (χ0) is 25.2. The summed E-state index contributed by atoms with van der Waals surface area (Å²) in [5, 5.41) is 4.05. The van der Waals surface area contributed by atoms with E-state index in [1.54, 1.807) is 25.1 Å². The van der Waals surface area contributed by atoms with Crippen molar-refractivity contribution in [3.8, 4) is 5.75 Å². The monoisotopic (exact) mass is 474 g/mol. The molecule has 0 aliphatic heterocycles. The fourth-order valence-corrected chi connectivity index (χ4v) is 3.66. The van der Waals surface area contributed by atoms with Gasteiger partial charge in [-0.1, -0.05) is 29.8 Å². The number of nitrogens with one attached hydrogen (secondary N) is 1. The molecule has 1 heterocycles. The first-order valence-corrected chi connectivity index (χ1v) is 12.0. The third kappa shape index (κ3) is 7.60. The minimum absolute atomic E-state index is 0.230. The van der Waals surface area contributed by atoms with Gasteiger partial charge in [-0.05, 0) is 75.6 Å². The van der Waals surface area contributed by atoms with Crippen molar-refractivity contribution < 1.29 is 19.1 Å². The third-order valence-corrected chi connectivity index (χ3v) is 5.50. The summed E-state index contributed by atoms with van der Waals surface area (Å²) in [6, 6.07) is 15.6. The lowest BCUT2D eigenvalue weighted by Gasteiger charge is -2.12. The first-order chi connectivity index (χ1) is 16.9. The molecule has 0 saturated carbocycles. The lowest BCUT2D eigenvalue weighted by atomic mass is 10.0. The number of carbonyl (C=O) groups is 2. The molecule has 35 heavy (non-hydrogen) atoms. The van der Waals surface area contributed by atoms with Crippen molar-refractivity contribution in [3.63, 3.8) is 0 Å². The summed E-state index contributed by atoms with van der Waals surface area (Å²) in [6.07, 6.45) is 6.72. The molecule has 0 atom stereocenters. The molecule has 3 aromatic rings. The molecule has 0 bridgehead atoms. The Morgan fingerprint density at radius 1 is 1.06 bits per heavy atom. The number of hydrogen-bond donors (Lipinski definition) is 1. The molecule has 184 valence electrons. The Kier molecular flexibility index (Phi) is 9.30. The number of allylic oxidation sites excluding steroid dienone is 3. The molecule has 6 nitrogen and oxygen atoms in total. The van der Waals surface area contributed by atoms with Crippen molar-refractivity contribution in [3.05, 3.63) is 78.0 Å². The highest BCUT2D eigenvalue weighted by molar-refractivity contribution is 6.04. The predicted octanol–water partition coefficient (Wildman–Crippen LogP) is 6.37. The lowest BCUT2D eigenvalue weighted by molar-refractivity contribution is -0.143. The highest BCUT2D eigenvalue weighted by Gasteiger charge is 2.09. The van der Waals surface area contributed by atoms with Crippen LogP contribution in [0.25, 0.3) is 16.5 Å². The zero-order valence-electron chi connectivity index (χ0n) is 21.0. The summed E-state index contributed by atoms with van der Waals surface area (Å²) >= 11 is 0. The number of para-hydroxylation sites is 2. The minimum Gasteiger partial charge on any atom is -0.491 e. The number of ether oxygens (including phenoxy) is 2. The van der Waals surface area contributed by atoms with E-state index >= 15 is 0 Å². The summed E-state index contributed by atoms with van der Waals surface area (Å²) < 4.78 is 12.9. The Labute approximate surface area is 207 Å². The molecule has 0 fully saturated rings. The van der Waals surface area contributed by atoms with Gasteiger partial charge in [0, 0.05) is 36.1 Å². The summed E-state index contributed by atoms with van der Waals surface area (Å²) in [6.45, 7) is 9.47. The van der Waals surface area contributed by atoms with Crippen molar-refractivity contribution in [2.45, 2.75) is 47.1 Å². The maximum Gasteiger partial charge on any atom is 0.305 e. The van der Waals surface area contributed by atoms with Crippen LogP contribution in [0.5, 0.6) is 5.75 Å². The molecule has 6 heteroatoms. The standard InChI is InChI=1S/C29H34N2O4/c1-5-34-29(33)11-8-18-35-27-10-7-6-9-25(27)30-28(32)19-22(4)23-12-13-26-24(20-23)15-17-31(26)16-14-21(2)3/h6-7,9-10,12-15,17,19-20H,5,8,11,16,18H2,1-4H3,(H,30,32)/b22-19+. The van der Waals surface area contributed by atoms with Crippen LogP contribution in [0.15, 0.2) is 72.5 Å². The zero-order valence-corrected chi connectivity index (χ0v) is 21.0. The van der Waals surface area contributed by atoms with E-state index in [1.807, 2.05) is 25.1 Å². The van der Waals surface area contributed by atoms with E-state index in [0.717, 1.165) is 28.6 Å². The van der Waals surface area contributed by atoms with Crippen LogP contribution in [0.3, 0.4) is 0 Å². The smallest absolute Gasteiger partial charge is 0.305 e. The fraction of sp³-hybridized carbons (Fsp3) is 0.310. The second-order valence-electron chi connectivity index (χ2n) is 8.59. The first kappa shape index (κ1) is 25.8. The molecule has 0 aliphatic rings. The van der Waals surface area contributed by atoms with Crippen LogP contribution >= 0.6 is 0 Å². The van der Waals surface area contributed by atoms with E-state index in [0.29, 0.717) is 37.5 Å². The number of fused-ring (bicyclic) bond motifs is 1. The van der Waals surface area contributed by atoms with Gasteiger partial charge in [0.1, 0.15) is 5.75 Å². The molecular formula is C29H34N2O4. The number of esters is 1. The number of amides is 1. The molecule has 2 aromatic carbocycles. The second-order valence-corrected chi connectivity index (χ2v) is 8.59. The van der Waals surface area contributed by atoms with E-state index in [4.69, 9.17) is 9.47 Å². The van der Waals surface area contributed by atoms with E-state index in [-0.39, 0.29) is 11.9 Å². The molecule has 0 unspecified atom stereocenters. The number of benzene rings is 2. The Morgan fingerprint density at radius 3 is 2.63 bits per heavy atom. The number of rotatable bonds is 11. The number of aromatic nitrogens is 1. The van der Waals surface area contributed by atoms with E-state index in [1.165, 1.54) is 5.57 Å². The largest absolute Gasteiger partial charge is 0.491 e. The number of nitrogens with zero attached hydrogens (tertiary/aromatic N) is 1. The normalized spacial score (nSPS) is 11.3. The highest BCUT2D eigenvalue weighted by Crippen LogP contribution is 2.25. The van der Waals surface area contributed by atoms with Gasteiger partial charge in [0.05, 0.1) is 18.9 Å². The first-order valence-electron chi connectivity index (χ1n) is 12.0. The number of hydrogen-bond acceptors (Lipinski definition) is 4. The van der Waals surface area contributed by atoms with Crippen molar-refractivity contribution in [2.75, 3.05) is 18.5 Å². The topological polar surface area (TPSA) is 69.6 Å². The van der Waals surface area contributed by atoms with Gasteiger partial charge in [-0.25, -0.2) is 0 Å². The average Bonchev–Trinajstić information content (AvgIpc) is 3.24. The molecule has 1 N–H and O–H groups in total. The summed E-state index contributed by atoms with van der Waals surface area (Å²) in [5.41, 5.74) is 4.91. The molecule has 0 aliphatic carbocycles. The van der Waals surface area contributed by atoms with Gasteiger partial charge >= 0.3 is 5.97 Å². The SMILES string of the molecule is CCOC(=O)CCCOc1ccccc1NC(=O)/C=C(\C)c1ccc2c(ccn2CC=C(C)C)c1. The Morgan fingerprint density at radius 2 is 1.86 bits per heavy atom. The van der Waals surface area contributed by atoms with Crippen molar-refractivity contribution in [1.29, 1.82) is 0 Å². The van der Waals surface area contributed by atoms with E-state index in [9.17, 15) is 9.59 Å². The number of carbonyl (C=O) groups excluding carboxylic acids is 2. The summed E-state index contributed by atoms with van der Waals surface area (Å²) in [7, 11) is 0. The Balaban J connectivity index is 1.64. The van der Waals surface area contributed by atoms with Gasteiger partial charge < -0.3 is 19.4 Å². The number of anilines is 1. The van der Waals surface area contributed by atoms with Crippen LogP contribution in [-0.4, -0.2) is 29.7 Å². The Bertz CT molecular complexity index is 1230. The van der Waals surface area contributed by atoms with E-state index in [2.05, 4.69) is 54.2 Å². The Hall–Kier alpha value is -3.80. The van der Waals surface area contributed by atoms with Gasteiger partial charge in [0.15, 0.2) is 0 Å². The van der Waals surface area contributed by atoms with Gasteiger partial charge in [0.25, 0.3) is 0 Å². The van der Waals surface area contributed by atoms with Crippen LogP contribution in [0.1, 0.15) is 46.1 Å². The molecule has 3 rings (SSSR count). The summed E-state index contributed by atoms with van der Waals surface area (Å²) in [4.78, 5) is 24.2. The van der Waals surface area contributed by atoms with Crippen LogP contribution in [-0.2, 0) is 20.9 Å². The van der Waals surface area contributed by atoms with Crippen LogP contribution in [0.4, 0.5) is 5.69 Å². The molecule has 0 saturated heterocycles. The fourth-order valence-electron chi connectivity index (χ4n) is 3.66. The van der Waals surface area contributed by atoms with Gasteiger partial charge in [0.2, 0.25) is 5.91 Å². The molecule has 1 aromatic heterocycles. The van der Waals surface area contributed by atoms with E-state index < -0.39 is 0 Å². The van der Waals surface area contributed by atoms with Crippen molar-refractivity contribution in [1.82, 2.24) is 4.57 Å². The summed E-state index contributed by atoms with van der Waals surface area (Å²) in [5.74, 6) is 0.0992. The highest BCUT2D eigenvalue weighted by atomic mass is 16.5. The van der Waals surface area contributed by atoms with Crippen LogP contribution in [0, 0.1) is 0 Å². The maximum absolute atomic E-state index is 12.7. The quantitative estimate of drug-likeness (QED) is 0.152.